The zero-order valence-electron chi connectivity index (χ0n) is 12.0. The van der Waals surface area contributed by atoms with E-state index in [4.69, 9.17) is 9.47 Å². The molecule has 1 N–H and O–H groups in total. The third-order valence-corrected chi connectivity index (χ3v) is 3.44. The molecule has 0 aromatic heterocycles. The molecule has 2 aromatic rings. The van der Waals surface area contributed by atoms with E-state index in [0.717, 1.165) is 23.3 Å². The summed E-state index contributed by atoms with van der Waals surface area (Å²) in [5.74, 6) is 0.221. The standard InChI is InChI=1S/C17H16FNO3/c18-14-3-1-2-4-16(14)22-11-17(20)19-10-12-5-6-15-13(9-12)7-8-21-15/h1-6,9H,7-8,10-11H2,(H,19,20). The molecule has 0 saturated carbocycles. The van der Waals surface area contributed by atoms with Gasteiger partial charge in [-0.05, 0) is 29.3 Å². The number of benzene rings is 2. The molecular weight excluding hydrogens is 285 g/mol. The molecular formula is C17H16FNO3. The molecule has 0 saturated heterocycles. The highest BCUT2D eigenvalue weighted by atomic mass is 19.1. The van der Waals surface area contributed by atoms with Gasteiger partial charge < -0.3 is 14.8 Å². The van der Waals surface area contributed by atoms with Gasteiger partial charge in [0.05, 0.1) is 6.61 Å². The van der Waals surface area contributed by atoms with Gasteiger partial charge in [-0.2, -0.15) is 0 Å². The van der Waals surface area contributed by atoms with E-state index in [1.165, 1.54) is 12.1 Å². The van der Waals surface area contributed by atoms with Crippen molar-refractivity contribution in [3.63, 3.8) is 0 Å². The molecule has 114 valence electrons. The van der Waals surface area contributed by atoms with Crippen molar-refractivity contribution in [1.82, 2.24) is 5.32 Å². The van der Waals surface area contributed by atoms with Crippen LogP contribution in [0, 0.1) is 5.82 Å². The minimum atomic E-state index is -0.478. The van der Waals surface area contributed by atoms with Gasteiger partial charge in [0.2, 0.25) is 0 Å². The summed E-state index contributed by atoms with van der Waals surface area (Å²) < 4.78 is 23.9. The second-order valence-corrected chi connectivity index (χ2v) is 5.04. The summed E-state index contributed by atoms with van der Waals surface area (Å²) in [4.78, 5) is 11.8. The number of carbonyl (C=O) groups excluding carboxylic acids is 1. The molecule has 0 spiro atoms. The maximum absolute atomic E-state index is 13.3. The number of ether oxygens (including phenoxy) is 2. The van der Waals surface area contributed by atoms with Gasteiger partial charge in [-0.25, -0.2) is 4.39 Å². The molecule has 2 aromatic carbocycles. The molecule has 22 heavy (non-hydrogen) atoms. The summed E-state index contributed by atoms with van der Waals surface area (Å²) >= 11 is 0. The average molecular weight is 301 g/mol. The van der Waals surface area contributed by atoms with Crippen LogP contribution in [-0.4, -0.2) is 19.1 Å². The monoisotopic (exact) mass is 301 g/mol. The number of fused-ring (bicyclic) bond motifs is 1. The van der Waals surface area contributed by atoms with E-state index in [1.54, 1.807) is 12.1 Å². The van der Waals surface area contributed by atoms with Gasteiger partial charge >= 0.3 is 0 Å². The topological polar surface area (TPSA) is 47.6 Å². The van der Waals surface area contributed by atoms with Crippen molar-refractivity contribution in [1.29, 1.82) is 0 Å². The van der Waals surface area contributed by atoms with Crippen LogP contribution in [0.15, 0.2) is 42.5 Å². The highest BCUT2D eigenvalue weighted by molar-refractivity contribution is 5.77. The van der Waals surface area contributed by atoms with Gasteiger partial charge in [-0.1, -0.05) is 24.3 Å². The summed E-state index contributed by atoms with van der Waals surface area (Å²) in [6.07, 6.45) is 0.896. The number of nitrogens with one attached hydrogen (secondary N) is 1. The van der Waals surface area contributed by atoms with E-state index in [2.05, 4.69) is 5.32 Å². The molecule has 0 fully saturated rings. The lowest BCUT2D eigenvalue weighted by Crippen LogP contribution is -2.28. The zero-order valence-corrected chi connectivity index (χ0v) is 12.0. The number of rotatable bonds is 5. The van der Waals surface area contributed by atoms with Crippen LogP contribution in [0.3, 0.4) is 0 Å². The number of halogens is 1. The molecule has 1 amide bonds. The van der Waals surface area contributed by atoms with Crippen LogP contribution in [0.1, 0.15) is 11.1 Å². The predicted molar refractivity (Wildman–Crippen MR) is 79.4 cm³/mol. The molecule has 1 aliphatic rings. The minimum Gasteiger partial charge on any atom is -0.493 e. The Hall–Kier alpha value is -2.56. The van der Waals surface area contributed by atoms with Gasteiger partial charge in [-0.3, -0.25) is 4.79 Å². The van der Waals surface area contributed by atoms with Gasteiger partial charge in [0.25, 0.3) is 5.91 Å². The van der Waals surface area contributed by atoms with Gasteiger partial charge in [0.1, 0.15) is 5.75 Å². The van der Waals surface area contributed by atoms with E-state index in [9.17, 15) is 9.18 Å². The van der Waals surface area contributed by atoms with Crippen molar-refractivity contribution in [2.75, 3.05) is 13.2 Å². The molecule has 1 heterocycles. The Morgan fingerprint density at radius 1 is 1.27 bits per heavy atom. The summed E-state index contributed by atoms with van der Waals surface area (Å²) in [5.41, 5.74) is 2.16. The quantitative estimate of drug-likeness (QED) is 0.923. The third kappa shape index (κ3) is 3.36. The molecule has 0 radical (unpaired) electrons. The lowest BCUT2D eigenvalue weighted by atomic mass is 10.1. The largest absolute Gasteiger partial charge is 0.493 e. The number of amides is 1. The number of para-hydroxylation sites is 1. The van der Waals surface area contributed by atoms with E-state index in [0.29, 0.717) is 13.2 Å². The highest BCUT2D eigenvalue weighted by Gasteiger charge is 2.12. The zero-order chi connectivity index (χ0) is 15.4. The Morgan fingerprint density at radius 2 is 2.14 bits per heavy atom. The summed E-state index contributed by atoms with van der Waals surface area (Å²) in [7, 11) is 0. The molecule has 3 rings (SSSR count). The molecule has 0 aliphatic carbocycles. The molecule has 0 atom stereocenters. The Labute approximate surface area is 127 Å². The van der Waals surface area contributed by atoms with Crippen LogP contribution in [0.25, 0.3) is 0 Å². The first-order chi connectivity index (χ1) is 10.7. The van der Waals surface area contributed by atoms with Crippen LogP contribution < -0.4 is 14.8 Å². The van der Waals surface area contributed by atoms with Crippen LogP contribution in [-0.2, 0) is 17.8 Å². The van der Waals surface area contributed by atoms with Crippen molar-refractivity contribution in [3.8, 4) is 11.5 Å². The Bertz CT molecular complexity index is 687. The average Bonchev–Trinajstić information content (AvgIpc) is 2.99. The summed E-state index contributed by atoms with van der Waals surface area (Å²) in [6, 6.07) is 11.9. The number of hydrogen-bond acceptors (Lipinski definition) is 3. The fourth-order valence-electron chi connectivity index (χ4n) is 2.31. The van der Waals surface area contributed by atoms with Gasteiger partial charge in [0.15, 0.2) is 18.2 Å². The second-order valence-electron chi connectivity index (χ2n) is 5.04. The number of hydrogen-bond donors (Lipinski definition) is 1. The lowest BCUT2D eigenvalue weighted by molar-refractivity contribution is -0.123. The van der Waals surface area contributed by atoms with Crippen LogP contribution in [0.5, 0.6) is 11.5 Å². The molecule has 4 nitrogen and oxygen atoms in total. The van der Waals surface area contributed by atoms with Gasteiger partial charge in [-0.15, -0.1) is 0 Å². The fraction of sp³-hybridized carbons (Fsp3) is 0.235. The molecule has 0 bridgehead atoms. The maximum Gasteiger partial charge on any atom is 0.258 e. The van der Waals surface area contributed by atoms with E-state index < -0.39 is 5.82 Å². The smallest absolute Gasteiger partial charge is 0.258 e. The Morgan fingerprint density at radius 3 is 3.00 bits per heavy atom. The van der Waals surface area contributed by atoms with E-state index in [-0.39, 0.29) is 18.3 Å². The second kappa shape index (κ2) is 6.47. The van der Waals surface area contributed by atoms with E-state index >= 15 is 0 Å². The van der Waals surface area contributed by atoms with Gasteiger partial charge in [0, 0.05) is 13.0 Å². The lowest BCUT2D eigenvalue weighted by Gasteiger charge is -2.09. The van der Waals surface area contributed by atoms with Crippen molar-refractivity contribution in [3.05, 3.63) is 59.4 Å². The summed E-state index contributed by atoms with van der Waals surface area (Å²) in [6.45, 7) is 0.906. The Kier molecular flexibility index (Phi) is 4.23. The highest BCUT2D eigenvalue weighted by Crippen LogP contribution is 2.25. The van der Waals surface area contributed by atoms with Crippen molar-refractivity contribution in [2.24, 2.45) is 0 Å². The summed E-state index contributed by atoms with van der Waals surface area (Å²) in [5, 5.41) is 2.75. The van der Waals surface area contributed by atoms with Crippen LogP contribution in [0.2, 0.25) is 0 Å². The molecule has 1 aliphatic heterocycles. The van der Waals surface area contributed by atoms with Crippen LogP contribution in [0.4, 0.5) is 4.39 Å². The first-order valence-electron chi connectivity index (χ1n) is 7.11. The van der Waals surface area contributed by atoms with Crippen LogP contribution >= 0.6 is 0 Å². The normalized spacial score (nSPS) is 12.4. The van der Waals surface area contributed by atoms with Crippen molar-refractivity contribution < 1.29 is 18.7 Å². The Balaban J connectivity index is 1.49. The van der Waals surface area contributed by atoms with Crippen molar-refractivity contribution >= 4 is 5.91 Å². The predicted octanol–water partition coefficient (Wildman–Crippen LogP) is 2.46. The van der Waals surface area contributed by atoms with Crippen molar-refractivity contribution in [2.45, 2.75) is 13.0 Å². The molecule has 0 unspecified atom stereocenters. The molecule has 5 heteroatoms. The first kappa shape index (κ1) is 14.4. The minimum absolute atomic E-state index is 0.0762. The SMILES string of the molecule is O=C(COc1ccccc1F)NCc1ccc2c(c1)CCO2. The third-order valence-electron chi connectivity index (χ3n) is 3.44. The maximum atomic E-state index is 13.3. The fourth-order valence-corrected chi connectivity index (χ4v) is 2.31. The first-order valence-corrected chi connectivity index (χ1v) is 7.11. The van der Waals surface area contributed by atoms with E-state index in [1.807, 2.05) is 18.2 Å². The number of carbonyl (C=O) groups is 1.